The summed E-state index contributed by atoms with van der Waals surface area (Å²) in [7, 11) is 0. The molecule has 0 aliphatic rings. The van der Waals surface area contributed by atoms with Crippen molar-refractivity contribution in [1.82, 2.24) is 0 Å². The molecule has 0 saturated heterocycles. The van der Waals surface area contributed by atoms with Crippen LogP contribution >= 0.6 is 0 Å². The van der Waals surface area contributed by atoms with Crippen LogP contribution in [0.25, 0.3) is 0 Å². The van der Waals surface area contributed by atoms with Crippen molar-refractivity contribution in [3.05, 3.63) is 54.1 Å². The van der Waals surface area contributed by atoms with Gasteiger partial charge in [-0.15, -0.1) is 0 Å². The molecule has 0 unspecified atom stereocenters. The number of hydrogen-bond acceptors (Lipinski definition) is 3. The Morgan fingerprint density at radius 2 is 1.74 bits per heavy atom. The number of para-hydroxylation sites is 1. The van der Waals surface area contributed by atoms with E-state index >= 15 is 0 Å². The van der Waals surface area contributed by atoms with E-state index in [2.05, 4.69) is 0 Å². The zero-order chi connectivity index (χ0) is 16.9. The second kappa shape index (κ2) is 7.37. The number of aliphatic hydroxyl groups excluding tert-OH is 1. The zero-order valence-corrected chi connectivity index (χ0v) is 12.5. The zero-order valence-electron chi connectivity index (χ0n) is 12.5. The Morgan fingerprint density at radius 3 is 2.35 bits per heavy atom. The molecule has 2 aromatic rings. The van der Waals surface area contributed by atoms with Gasteiger partial charge in [-0.2, -0.15) is 13.2 Å². The number of rotatable bonds is 6. The molecule has 23 heavy (non-hydrogen) atoms. The Kier molecular flexibility index (Phi) is 5.50. The van der Waals surface area contributed by atoms with Crippen LogP contribution in [0.4, 0.5) is 13.2 Å². The molecule has 0 heterocycles. The second-order valence-corrected chi connectivity index (χ2v) is 5.06. The number of benzene rings is 2. The van der Waals surface area contributed by atoms with Crippen molar-refractivity contribution in [2.45, 2.75) is 25.6 Å². The lowest BCUT2D eigenvalue weighted by Gasteiger charge is -2.15. The van der Waals surface area contributed by atoms with Crippen LogP contribution in [0, 0.1) is 0 Å². The first-order valence-electron chi connectivity index (χ1n) is 7.11. The van der Waals surface area contributed by atoms with Crippen molar-refractivity contribution in [2.24, 2.45) is 0 Å². The molecule has 0 aliphatic heterocycles. The van der Waals surface area contributed by atoms with E-state index in [1.54, 1.807) is 37.3 Å². The molecule has 0 spiro atoms. The Balaban J connectivity index is 2.25. The number of aliphatic hydroxyl groups is 1. The predicted molar refractivity (Wildman–Crippen MR) is 79.8 cm³/mol. The Bertz CT molecular complexity index is 625. The van der Waals surface area contributed by atoms with Crippen LogP contribution in [0.3, 0.4) is 0 Å². The van der Waals surface area contributed by atoms with Crippen LogP contribution in [0.15, 0.2) is 48.5 Å². The fourth-order valence-corrected chi connectivity index (χ4v) is 1.84. The third kappa shape index (κ3) is 5.17. The molecule has 2 rings (SSSR count). The van der Waals surface area contributed by atoms with E-state index in [0.717, 1.165) is 12.1 Å². The molecule has 0 aromatic heterocycles. The SMILES string of the molecule is C[C@@H](O)CCOc1ccc(C(F)(F)F)cc1Oc1ccccc1. The number of halogens is 3. The summed E-state index contributed by atoms with van der Waals surface area (Å²) in [4.78, 5) is 0. The van der Waals surface area contributed by atoms with Gasteiger partial charge in [0.1, 0.15) is 5.75 Å². The summed E-state index contributed by atoms with van der Waals surface area (Å²) in [6, 6.07) is 11.6. The van der Waals surface area contributed by atoms with Gasteiger partial charge < -0.3 is 14.6 Å². The van der Waals surface area contributed by atoms with Crippen LogP contribution in [0.1, 0.15) is 18.9 Å². The van der Waals surface area contributed by atoms with Gasteiger partial charge in [-0.25, -0.2) is 0 Å². The highest BCUT2D eigenvalue weighted by atomic mass is 19.4. The smallest absolute Gasteiger partial charge is 0.416 e. The van der Waals surface area contributed by atoms with E-state index in [0.29, 0.717) is 12.2 Å². The summed E-state index contributed by atoms with van der Waals surface area (Å²) in [6.07, 6.45) is -4.65. The minimum absolute atomic E-state index is 0.0170. The number of ether oxygens (including phenoxy) is 2. The minimum Gasteiger partial charge on any atom is -0.490 e. The predicted octanol–water partition coefficient (Wildman–Crippen LogP) is 4.65. The molecule has 2 aromatic carbocycles. The third-order valence-corrected chi connectivity index (χ3v) is 3.04. The van der Waals surface area contributed by atoms with E-state index in [-0.39, 0.29) is 18.1 Å². The second-order valence-electron chi connectivity index (χ2n) is 5.06. The van der Waals surface area contributed by atoms with Crippen LogP contribution < -0.4 is 9.47 Å². The van der Waals surface area contributed by atoms with E-state index in [1.807, 2.05) is 0 Å². The van der Waals surface area contributed by atoms with E-state index < -0.39 is 17.8 Å². The first kappa shape index (κ1) is 17.1. The Labute approximate surface area is 132 Å². The normalized spacial score (nSPS) is 12.7. The number of alkyl halides is 3. The van der Waals surface area contributed by atoms with Crippen LogP contribution in [-0.2, 0) is 6.18 Å². The van der Waals surface area contributed by atoms with Crippen molar-refractivity contribution in [3.63, 3.8) is 0 Å². The van der Waals surface area contributed by atoms with Crippen LogP contribution in [-0.4, -0.2) is 17.8 Å². The minimum atomic E-state index is -4.47. The van der Waals surface area contributed by atoms with Gasteiger partial charge in [-0.05, 0) is 37.3 Å². The molecule has 0 aliphatic carbocycles. The van der Waals surface area contributed by atoms with Crippen molar-refractivity contribution < 1.29 is 27.8 Å². The lowest BCUT2D eigenvalue weighted by molar-refractivity contribution is -0.137. The molecule has 1 atom stereocenters. The van der Waals surface area contributed by atoms with E-state index in [9.17, 15) is 18.3 Å². The van der Waals surface area contributed by atoms with Crippen molar-refractivity contribution in [1.29, 1.82) is 0 Å². The fourth-order valence-electron chi connectivity index (χ4n) is 1.84. The van der Waals surface area contributed by atoms with E-state index in [4.69, 9.17) is 9.47 Å². The highest BCUT2D eigenvalue weighted by Crippen LogP contribution is 2.38. The van der Waals surface area contributed by atoms with Gasteiger partial charge in [-0.1, -0.05) is 18.2 Å². The van der Waals surface area contributed by atoms with Crippen molar-refractivity contribution in [3.8, 4) is 17.2 Å². The molecule has 6 heteroatoms. The average molecular weight is 326 g/mol. The van der Waals surface area contributed by atoms with Crippen LogP contribution in [0.5, 0.6) is 17.2 Å². The Morgan fingerprint density at radius 1 is 1.04 bits per heavy atom. The molecule has 0 bridgehead atoms. The summed E-state index contributed by atoms with van der Waals surface area (Å²) in [6.45, 7) is 1.78. The van der Waals surface area contributed by atoms with Gasteiger partial charge in [0.15, 0.2) is 11.5 Å². The van der Waals surface area contributed by atoms with Gasteiger partial charge in [0, 0.05) is 6.42 Å². The van der Waals surface area contributed by atoms with E-state index in [1.165, 1.54) is 6.07 Å². The van der Waals surface area contributed by atoms with Gasteiger partial charge in [0.2, 0.25) is 0 Å². The number of hydrogen-bond donors (Lipinski definition) is 1. The summed E-state index contributed by atoms with van der Waals surface area (Å²) in [5.41, 5.74) is -0.814. The maximum absolute atomic E-state index is 12.9. The molecule has 3 nitrogen and oxygen atoms in total. The quantitative estimate of drug-likeness (QED) is 0.840. The topological polar surface area (TPSA) is 38.7 Å². The summed E-state index contributed by atoms with van der Waals surface area (Å²) in [5, 5.41) is 9.23. The lowest BCUT2D eigenvalue weighted by atomic mass is 10.2. The highest BCUT2D eigenvalue weighted by molar-refractivity contribution is 5.46. The van der Waals surface area contributed by atoms with Gasteiger partial charge in [0.25, 0.3) is 0 Å². The van der Waals surface area contributed by atoms with Crippen molar-refractivity contribution in [2.75, 3.05) is 6.61 Å². The molecule has 0 saturated carbocycles. The summed E-state index contributed by atoms with van der Waals surface area (Å²) >= 11 is 0. The molecular weight excluding hydrogens is 309 g/mol. The molecule has 124 valence electrons. The first-order valence-corrected chi connectivity index (χ1v) is 7.11. The maximum atomic E-state index is 12.9. The van der Waals surface area contributed by atoms with Gasteiger partial charge in [-0.3, -0.25) is 0 Å². The monoisotopic (exact) mass is 326 g/mol. The first-order chi connectivity index (χ1) is 10.9. The fraction of sp³-hybridized carbons (Fsp3) is 0.294. The Hall–Kier alpha value is -2.21. The summed E-state index contributed by atoms with van der Waals surface area (Å²) < 4.78 is 49.6. The average Bonchev–Trinajstić information content (AvgIpc) is 2.48. The largest absolute Gasteiger partial charge is 0.490 e. The molecule has 0 radical (unpaired) electrons. The molecule has 0 amide bonds. The molecular formula is C17H17F3O3. The standard InChI is InChI=1S/C17H17F3O3/c1-12(21)9-10-22-15-8-7-13(17(18,19)20)11-16(15)23-14-5-3-2-4-6-14/h2-8,11-12,21H,9-10H2,1H3/t12-/m1/s1. The lowest BCUT2D eigenvalue weighted by Crippen LogP contribution is -2.09. The summed E-state index contributed by atoms with van der Waals surface area (Å²) in [5.74, 6) is 0.589. The van der Waals surface area contributed by atoms with Crippen LogP contribution in [0.2, 0.25) is 0 Å². The maximum Gasteiger partial charge on any atom is 0.416 e. The molecule has 1 N–H and O–H groups in total. The highest BCUT2D eigenvalue weighted by Gasteiger charge is 2.31. The third-order valence-electron chi connectivity index (χ3n) is 3.04. The van der Waals surface area contributed by atoms with Gasteiger partial charge in [0.05, 0.1) is 18.3 Å². The molecule has 0 fully saturated rings. The van der Waals surface area contributed by atoms with Gasteiger partial charge >= 0.3 is 6.18 Å². The van der Waals surface area contributed by atoms with Crippen molar-refractivity contribution >= 4 is 0 Å².